The molecule has 36 heavy (non-hydrogen) atoms. The summed E-state index contributed by atoms with van der Waals surface area (Å²) in [7, 11) is 4.78. The van der Waals surface area contributed by atoms with Gasteiger partial charge in [0.15, 0.2) is 11.5 Å². The first-order valence-electron chi connectivity index (χ1n) is 12.7. The molecule has 0 bridgehead atoms. The van der Waals surface area contributed by atoms with Crippen LogP contribution in [0.25, 0.3) is 11.1 Å². The Labute approximate surface area is 212 Å². The van der Waals surface area contributed by atoms with Gasteiger partial charge in [0.25, 0.3) is 0 Å². The average molecular weight is 496 g/mol. The van der Waals surface area contributed by atoms with Crippen molar-refractivity contribution < 1.29 is 19.0 Å². The van der Waals surface area contributed by atoms with Crippen LogP contribution in [-0.2, 0) is 11.2 Å². The smallest absolute Gasteiger partial charge is 0.217 e. The minimum Gasteiger partial charge on any atom is -0.493 e. The van der Waals surface area contributed by atoms with E-state index in [9.17, 15) is 9.59 Å². The number of piperidine rings is 1. The third-order valence-corrected chi connectivity index (χ3v) is 7.11. The Balaban J connectivity index is 1.79. The van der Waals surface area contributed by atoms with Crippen LogP contribution < -0.4 is 30.3 Å². The number of anilines is 1. The van der Waals surface area contributed by atoms with Gasteiger partial charge in [0.05, 0.1) is 33.1 Å². The van der Waals surface area contributed by atoms with E-state index in [1.54, 1.807) is 27.4 Å². The molecule has 2 aliphatic rings. The maximum Gasteiger partial charge on any atom is 0.217 e. The number of fused-ring (bicyclic) bond motifs is 3. The first-order valence-corrected chi connectivity index (χ1v) is 12.7. The molecule has 1 atom stereocenters. The summed E-state index contributed by atoms with van der Waals surface area (Å²) in [6.07, 6.45) is 5.08. The number of aryl methyl sites for hydroxylation is 1. The van der Waals surface area contributed by atoms with E-state index < -0.39 is 0 Å². The largest absolute Gasteiger partial charge is 0.493 e. The predicted molar refractivity (Wildman–Crippen MR) is 141 cm³/mol. The number of hydrogen-bond donors (Lipinski definition) is 2. The van der Waals surface area contributed by atoms with E-state index in [-0.39, 0.29) is 17.4 Å². The second-order valence-corrected chi connectivity index (χ2v) is 9.42. The Kier molecular flexibility index (Phi) is 8.36. The van der Waals surface area contributed by atoms with E-state index in [0.717, 1.165) is 41.9 Å². The van der Waals surface area contributed by atoms with E-state index in [0.29, 0.717) is 42.3 Å². The lowest BCUT2D eigenvalue weighted by atomic mass is 9.95. The van der Waals surface area contributed by atoms with Gasteiger partial charge in [0, 0.05) is 25.6 Å². The number of methoxy groups -OCH3 is 3. The highest BCUT2D eigenvalue weighted by Gasteiger charge is 2.29. The molecular weight excluding hydrogens is 458 g/mol. The third kappa shape index (κ3) is 5.43. The summed E-state index contributed by atoms with van der Waals surface area (Å²) < 4.78 is 17.1. The Hall–Kier alpha value is -3.26. The van der Waals surface area contributed by atoms with Crippen LogP contribution in [0.1, 0.15) is 49.8 Å². The van der Waals surface area contributed by atoms with Gasteiger partial charge >= 0.3 is 0 Å². The molecule has 2 aromatic rings. The molecule has 1 aliphatic carbocycles. The van der Waals surface area contributed by atoms with Gasteiger partial charge in [-0.25, -0.2) is 0 Å². The number of nitrogens with zero attached hydrogens (tertiary/aromatic N) is 1. The monoisotopic (exact) mass is 495 g/mol. The molecule has 0 aromatic heterocycles. The Morgan fingerprint density at radius 2 is 1.78 bits per heavy atom. The predicted octanol–water partition coefficient (Wildman–Crippen LogP) is 3.76. The van der Waals surface area contributed by atoms with Gasteiger partial charge in [-0.3, -0.25) is 9.59 Å². The zero-order valence-corrected chi connectivity index (χ0v) is 21.7. The molecule has 0 spiro atoms. The Bertz CT molecular complexity index is 1160. The maximum absolute atomic E-state index is 13.3. The van der Waals surface area contributed by atoms with E-state index in [2.05, 4.69) is 15.5 Å². The summed E-state index contributed by atoms with van der Waals surface area (Å²) >= 11 is 0. The lowest BCUT2D eigenvalue weighted by Gasteiger charge is -2.26. The molecule has 2 N–H and O–H groups in total. The first kappa shape index (κ1) is 25.8. The van der Waals surface area contributed by atoms with Crippen LogP contribution in [0.15, 0.2) is 29.1 Å². The van der Waals surface area contributed by atoms with Gasteiger partial charge in [-0.1, -0.05) is 12.5 Å². The molecule has 0 radical (unpaired) electrons. The molecule has 0 saturated carbocycles. The van der Waals surface area contributed by atoms with Crippen LogP contribution in [-0.4, -0.2) is 58.3 Å². The van der Waals surface area contributed by atoms with Crippen molar-refractivity contribution in [3.8, 4) is 28.4 Å². The van der Waals surface area contributed by atoms with Crippen molar-refractivity contribution >= 4 is 11.6 Å². The molecule has 1 saturated heterocycles. The normalized spacial score (nSPS) is 17.3. The number of nitrogens with one attached hydrogen (secondary N) is 2. The number of carbonyl (C=O) groups excluding carboxylic acids is 1. The van der Waals surface area contributed by atoms with E-state index in [1.807, 2.05) is 18.2 Å². The Morgan fingerprint density at radius 3 is 2.44 bits per heavy atom. The van der Waals surface area contributed by atoms with Gasteiger partial charge in [-0.2, -0.15) is 0 Å². The Morgan fingerprint density at radius 1 is 1.03 bits per heavy atom. The molecule has 8 nitrogen and oxygen atoms in total. The highest BCUT2D eigenvalue weighted by atomic mass is 16.5. The fraction of sp³-hybridized carbons (Fsp3) is 0.500. The summed E-state index contributed by atoms with van der Waals surface area (Å²) in [4.78, 5) is 27.9. The van der Waals surface area contributed by atoms with E-state index >= 15 is 0 Å². The first-order chi connectivity index (χ1) is 17.5. The maximum atomic E-state index is 13.3. The van der Waals surface area contributed by atoms with Crippen molar-refractivity contribution in [2.24, 2.45) is 0 Å². The summed E-state index contributed by atoms with van der Waals surface area (Å²) in [5.41, 5.74) is 3.91. The van der Waals surface area contributed by atoms with Crippen molar-refractivity contribution in [1.82, 2.24) is 10.2 Å². The number of ether oxygens (including phenoxy) is 3. The minimum absolute atomic E-state index is 0.104. The lowest BCUT2D eigenvalue weighted by molar-refractivity contribution is -0.119. The highest BCUT2D eigenvalue weighted by Crippen LogP contribution is 2.50. The van der Waals surface area contributed by atoms with Crippen molar-refractivity contribution in [3.63, 3.8) is 0 Å². The van der Waals surface area contributed by atoms with Gasteiger partial charge in [0.2, 0.25) is 17.1 Å². The summed E-state index contributed by atoms with van der Waals surface area (Å²) in [5, 5.41) is 6.40. The average Bonchev–Trinajstić information content (AvgIpc) is 3.12. The number of amides is 1. The zero-order chi connectivity index (χ0) is 25.7. The molecule has 1 amide bonds. The van der Waals surface area contributed by atoms with Gasteiger partial charge in [-0.05, 0) is 73.7 Å². The molecule has 0 unspecified atom stereocenters. The van der Waals surface area contributed by atoms with E-state index in [4.69, 9.17) is 14.2 Å². The lowest BCUT2D eigenvalue weighted by Crippen LogP contribution is -2.34. The summed E-state index contributed by atoms with van der Waals surface area (Å²) in [6.45, 7) is 5.33. The number of hydrogen-bond acceptors (Lipinski definition) is 7. The zero-order valence-electron chi connectivity index (χ0n) is 21.7. The quantitative estimate of drug-likeness (QED) is 0.576. The number of benzene rings is 1. The topological polar surface area (TPSA) is 89.1 Å². The third-order valence-electron chi connectivity index (χ3n) is 7.11. The van der Waals surface area contributed by atoms with Gasteiger partial charge in [0.1, 0.15) is 0 Å². The fourth-order valence-corrected chi connectivity index (χ4v) is 5.39. The molecular formula is C28H37N3O5. The van der Waals surface area contributed by atoms with Gasteiger partial charge in [-0.15, -0.1) is 0 Å². The standard InChI is InChI=1S/C28H37N3O5/c1-18(32)30-22-10-8-19-16-25(34-2)27(35-3)28(36-4)26(19)20-9-11-23(24(33)17-21(20)22)29-12-15-31-13-6-5-7-14-31/h9,11,16-17,22H,5-8,10,12-15H2,1-4H3,(H,29,33)(H,30,32)/t22-/m1/s1. The highest BCUT2D eigenvalue weighted by molar-refractivity contribution is 5.83. The number of rotatable bonds is 8. The van der Waals surface area contributed by atoms with E-state index in [1.165, 1.54) is 26.2 Å². The SMILES string of the molecule is COc1cc2c(c(OC)c1OC)-c1ccc(NCCN3CCCCC3)c(=O)cc1[C@H](NC(C)=O)CC2. The van der Waals surface area contributed by atoms with Crippen molar-refractivity contribution in [3.05, 3.63) is 45.6 Å². The van der Waals surface area contributed by atoms with Crippen LogP contribution in [0, 0.1) is 0 Å². The summed E-state index contributed by atoms with van der Waals surface area (Å²) in [5.74, 6) is 1.49. The van der Waals surface area contributed by atoms with Crippen LogP contribution in [0.5, 0.6) is 17.2 Å². The van der Waals surface area contributed by atoms with Crippen LogP contribution in [0.3, 0.4) is 0 Å². The van der Waals surface area contributed by atoms with Gasteiger partial charge < -0.3 is 29.7 Å². The molecule has 4 rings (SSSR count). The number of carbonyl (C=O) groups is 1. The second kappa shape index (κ2) is 11.6. The second-order valence-electron chi connectivity index (χ2n) is 9.42. The van der Waals surface area contributed by atoms with Crippen molar-refractivity contribution in [1.29, 1.82) is 0 Å². The molecule has 194 valence electrons. The van der Waals surface area contributed by atoms with Crippen molar-refractivity contribution in [2.45, 2.75) is 45.1 Å². The molecule has 1 heterocycles. The minimum atomic E-state index is -0.312. The molecule has 1 fully saturated rings. The van der Waals surface area contributed by atoms with Crippen molar-refractivity contribution in [2.75, 3.05) is 52.8 Å². The van der Waals surface area contributed by atoms with Crippen LogP contribution >= 0.6 is 0 Å². The number of likely N-dealkylation sites (tertiary alicyclic amines) is 1. The molecule has 8 heteroatoms. The fourth-order valence-electron chi connectivity index (χ4n) is 5.39. The molecule has 1 aliphatic heterocycles. The van der Waals surface area contributed by atoms with Crippen LogP contribution in [0.4, 0.5) is 5.69 Å². The van der Waals surface area contributed by atoms with Crippen LogP contribution in [0.2, 0.25) is 0 Å². The molecule has 2 aromatic carbocycles. The summed E-state index contributed by atoms with van der Waals surface area (Å²) in [6, 6.07) is 7.10.